The Morgan fingerprint density at radius 3 is 1.73 bits per heavy atom. The standard InChI is InChI=1S/C13H28O2/c1-10(2)7-12(9-14-5)13(15-6)8-11(3)4/h10-13H,7-9H2,1-6H3. The maximum atomic E-state index is 5.60. The van der Waals surface area contributed by atoms with Crippen molar-refractivity contribution in [1.82, 2.24) is 0 Å². The highest BCUT2D eigenvalue weighted by Crippen LogP contribution is 2.23. The van der Waals surface area contributed by atoms with Crippen molar-refractivity contribution < 1.29 is 9.47 Å². The van der Waals surface area contributed by atoms with Gasteiger partial charge in [-0.05, 0) is 24.7 Å². The summed E-state index contributed by atoms with van der Waals surface area (Å²) in [5, 5.41) is 0. The number of rotatable bonds is 8. The topological polar surface area (TPSA) is 18.5 Å². The van der Waals surface area contributed by atoms with E-state index < -0.39 is 0 Å². The van der Waals surface area contributed by atoms with Gasteiger partial charge in [0.1, 0.15) is 0 Å². The Morgan fingerprint density at radius 2 is 1.40 bits per heavy atom. The van der Waals surface area contributed by atoms with Crippen molar-refractivity contribution in [1.29, 1.82) is 0 Å². The van der Waals surface area contributed by atoms with Crippen LogP contribution in [-0.2, 0) is 9.47 Å². The minimum Gasteiger partial charge on any atom is -0.384 e. The average molecular weight is 216 g/mol. The van der Waals surface area contributed by atoms with Crippen LogP contribution in [0.5, 0.6) is 0 Å². The lowest BCUT2D eigenvalue weighted by molar-refractivity contribution is -0.00521. The predicted molar refractivity (Wildman–Crippen MR) is 65.1 cm³/mol. The van der Waals surface area contributed by atoms with Gasteiger partial charge in [0.05, 0.1) is 12.7 Å². The summed E-state index contributed by atoms with van der Waals surface area (Å²) in [5.41, 5.74) is 0. The summed E-state index contributed by atoms with van der Waals surface area (Å²) in [4.78, 5) is 0. The van der Waals surface area contributed by atoms with Crippen LogP contribution in [0.4, 0.5) is 0 Å². The zero-order valence-electron chi connectivity index (χ0n) is 11.2. The normalized spacial score (nSPS) is 16.0. The summed E-state index contributed by atoms with van der Waals surface area (Å²) in [5.74, 6) is 1.92. The van der Waals surface area contributed by atoms with Crippen LogP contribution in [-0.4, -0.2) is 26.9 Å². The lowest BCUT2D eigenvalue weighted by Gasteiger charge is -2.28. The Morgan fingerprint density at radius 1 is 0.867 bits per heavy atom. The van der Waals surface area contributed by atoms with E-state index in [1.165, 1.54) is 6.42 Å². The van der Waals surface area contributed by atoms with Crippen LogP contribution >= 0.6 is 0 Å². The van der Waals surface area contributed by atoms with Gasteiger partial charge in [0, 0.05) is 20.1 Å². The number of ether oxygens (including phenoxy) is 2. The van der Waals surface area contributed by atoms with Crippen molar-refractivity contribution >= 4 is 0 Å². The zero-order valence-corrected chi connectivity index (χ0v) is 11.2. The summed E-state index contributed by atoms with van der Waals surface area (Å²) >= 11 is 0. The minimum absolute atomic E-state index is 0.340. The Balaban J connectivity index is 4.25. The zero-order chi connectivity index (χ0) is 11.8. The monoisotopic (exact) mass is 216 g/mol. The van der Waals surface area contributed by atoms with E-state index in [0.717, 1.165) is 13.0 Å². The smallest absolute Gasteiger partial charge is 0.0624 e. The van der Waals surface area contributed by atoms with Crippen LogP contribution in [0.3, 0.4) is 0 Å². The first-order valence-corrected chi connectivity index (χ1v) is 6.02. The molecule has 2 unspecified atom stereocenters. The Kier molecular flexibility index (Phi) is 8.07. The van der Waals surface area contributed by atoms with Gasteiger partial charge in [0.25, 0.3) is 0 Å². The SMILES string of the molecule is COCC(CC(C)C)C(CC(C)C)OC. The lowest BCUT2D eigenvalue weighted by Crippen LogP contribution is -2.29. The molecule has 2 nitrogen and oxygen atoms in total. The maximum Gasteiger partial charge on any atom is 0.0624 e. The molecular weight excluding hydrogens is 188 g/mol. The molecule has 0 radical (unpaired) electrons. The molecule has 0 aromatic carbocycles. The molecule has 0 spiro atoms. The molecule has 0 fully saturated rings. The Labute approximate surface area is 95.3 Å². The van der Waals surface area contributed by atoms with Gasteiger partial charge >= 0.3 is 0 Å². The van der Waals surface area contributed by atoms with Crippen molar-refractivity contribution in [3.8, 4) is 0 Å². The molecule has 0 heterocycles. The summed E-state index contributed by atoms with van der Waals surface area (Å²) in [6, 6.07) is 0. The molecule has 0 bridgehead atoms. The van der Waals surface area contributed by atoms with Gasteiger partial charge in [0.2, 0.25) is 0 Å². The van der Waals surface area contributed by atoms with Crippen LogP contribution in [0, 0.1) is 17.8 Å². The molecule has 0 rings (SSSR count). The van der Waals surface area contributed by atoms with Crippen LogP contribution in [0.1, 0.15) is 40.5 Å². The average Bonchev–Trinajstić information content (AvgIpc) is 2.12. The molecule has 0 saturated carbocycles. The van der Waals surface area contributed by atoms with Crippen molar-refractivity contribution in [2.24, 2.45) is 17.8 Å². The largest absolute Gasteiger partial charge is 0.384 e. The Bertz CT molecular complexity index is 143. The number of hydrogen-bond acceptors (Lipinski definition) is 2. The molecule has 0 aromatic rings. The first-order valence-electron chi connectivity index (χ1n) is 6.02. The van der Waals surface area contributed by atoms with E-state index in [1.54, 1.807) is 7.11 Å². The van der Waals surface area contributed by atoms with Crippen LogP contribution in [0.25, 0.3) is 0 Å². The van der Waals surface area contributed by atoms with Crippen LogP contribution in [0.2, 0.25) is 0 Å². The van der Waals surface area contributed by atoms with E-state index in [-0.39, 0.29) is 0 Å². The molecule has 0 aliphatic carbocycles. The van der Waals surface area contributed by atoms with Gasteiger partial charge in [-0.2, -0.15) is 0 Å². The third-order valence-corrected chi connectivity index (χ3v) is 2.69. The van der Waals surface area contributed by atoms with E-state index in [2.05, 4.69) is 27.7 Å². The third-order valence-electron chi connectivity index (χ3n) is 2.69. The number of hydrogen-bond donors (Lipinski definition) is 0. The highest BCUT2D eigenvalue weighted by molar-refractivity contribution is 4.72. The maximum absolute atomic E-state index is 5.60. The fraction of sp³-hybridized carbons (Fsp3) is 1.00. The van der Waals surface area contributed by atoms with Crippen molar-refractivity contribution in [2.45, 2.75) is 46.6 Å². The minimum atomic E-state index is 0.340. The second-order valence-electron chi connectivity index (χ2n) is 5.25. The van der Waals surface area contributed by atoms with E-state index in [0.29, 0.717) is 23.9 Å². The van der Waals surface area contributed by atoms with Gasteiger partial charge < -0.3 is 9.47 Å². The van der Waals surface area contributed by atoms with Gasteiger partial charge in [-0.3, -0.25) is 0 Å². The van der Waals surface area contributed by atoms with Crippen LogP contribution in [0.15, 0.2) is 0 Å². The molecule has 0 aromatic heterocycles. The molecule has 15 heavy (non-hydrogen) atoms. The van der Waals surface area contributed by atoms with Crippen molar-refractivity contribution in [3.05, 3.63) is 0 Å². The summed E-state index contributed by atoms with van der Waals surface area (Å²) in [7, 11) is 3.59. The molecule has 0 N–H and O–H groups in total. The third kappa shape index (κ3) is 6.91. The predicted octanol–water partition coefficient (Wildman–Crippen LogP) is 3.36. The first kappa shape index (κ1) is 14.9. The van der Waals surface area contributed by atoms with Crippen LogP contribution < -0.4 is 0 Å². The molecule has 0 amide bonds. The van der Waals surface area contributed by atoms with E-state index in [4.69, 9.17) is 9.47 Å². The van der Waals surface area contributed by atoms with Crippen molar-refractivity contribution in [2.75, 3.05) is 20.8 Å². The molecule has 92 valence electrons. The van der Waals surface area contributed by atoms with Gasteiger partial charge in [0.15, 0.2) is 0 Å². The highest BCUT2D eigenvalue weighted by atomic mass is 16.5. The summed E-state index contributed by atoms with van der Waals surface area (Å²) < 4.78 is 10.9. The summed E-state index contributed by atoms with van der Waals surface area (Å²) in [6.45, 7) is 9.80. The molecular formula is C13H28O2. The van der Waals surface area contributed by atoms with Gasteiger partial charge in [-0.25, -0.2) is 0 Å². The fourth-order valence-corrected chi connectivity index (χ4v) is 2.09. The van der Waals surface area contributed by atoms with Gasteiger partial charge in [-0.15, -0.1) is 0 Å². The van der Waals surface area contributed by atoms with E-state index in [9.17, 15) is 0 Å². The van der Waals surface area contributed by atoms with E-state index >= 15 is 0 Å². The number of methoxy groups -OCH3 is 2. The second kappa shape index (κ2) is 8.12. The highest BCUT2D eigenvalue weighted by Gasteiger charge is 2.23. The molecule has 0 aliphatic heterocycles. The molecule has 0 aliphatic rings. The van der Waals surface area contributed by atoms with E-state index in [1.807, 2.05) is 7.11 Å². The molecule has 2 atom stereocenters. The lowest BCUT2D eigenvalue weighted by atomic mass is 9.88. The first-order chi connectivity index (χ1) is 7.01. The molecule has 2 heteroatoms. The molecule has 0 saturated heterocycles. The fourth-order valence-electron chi connectivity index (χ4n) is 2.09. The second-order valence-corrected chi connectivity index (χ2v) is 5.25. The Hall–Kier alpha value is -0.0800. The van der Waals surface area contributed by atoms with Crippen molar-refractivity contribution in [3.63, 3.8) is 0 Å². The quantitative estimate of drug-likeness (QED) is 0.619. The summed E-state index contributed by atoms with van der Waals surface area (Å²) in [6.07, 6.45) is 2.64. The van der Waals surface area contributed by atoms with Gasteiger partial charge in [-0.1, -0.05) is 27.7 Å².